The fourth-order valence-electron chi connectivity index (χ4n) is 2.57. The van der Waals surface area contributed by atoms with E-state index in [2.05, 4.69) is 6.92 Å². The summed E-state index contributed by atoms with van der Waals surface area (Å²) >= 11 is 0. The molecule has 1 aliphatic carbocycles. The van der Waals surface area contributed by atoms with E-state index in [0.29, 0.717) is 29.4 Å². The minimum absolute atomic E-state index is 0.166. The van der Waals surface area contributed by atoms with Gasteiger partial charge >= 0.3 is 0 Å². The molecule has 1 saturated carbocycles. The van der Waals surface area contributed by atoms with Crippen LogP contribution in [0, 0.1) is 5.92 Å². The number of fused-ring (bicyclic) bond motifs is 1. The van der Waals surface area contributed by atoms with E-state index < -0.39 is 0 Å². The lowest BCUT2D eigenvalue weighted by molar-refractivity contribution is 0.0380. The third-order valence-electron chi connectivity index (χ3n) is 3.78. The fourth-order valence-corrected chi connectivity index (χ4v) is 2.57. The van der Waals surface area contributed by atoms with E-state index in [0.717, 1.165) is 0 Å². The van der Waals surface area contributed by atoms with Gasteiger partial charge in [0, 0.05) is 0 Å². The quantitative estimate of drug-likeness (QED) is 0.786. The summed E-state index contributed by atoms with van der Waals surface area (Å²) in [4.78, 5) is 12.2. The maximum absolute atomic E-state index is 12.2. The molecule has 3 nitrogen and oxygen atoms in total. The van der Waals surface area contributed by atoms with Gasteiger partial charge in [-0.2, -0.15) is 0 Å². The molecule has 0 N–H and O–H groups in total. The van der Waals surface area contributed by atoms with Gasteiger partial charge in [-0.05, 0) is 43.9 Å². The van der Waals surface area contributed by atoms with Crippen molar-refractivity contribution in [3.8, 4) is 11.5 Å². The van der Waals surface area contributed by atoms with Gasteiger partial charge < -0.3 is 9.47 Å². The molecule has 1 unspecified atom stereocenters. The van der Waals surface area contributed by atoms with E-state index >= 15 is 0 Å². The molecule has 0 radical (unpaired) electrons. The Morgan fingerprint density at radius 2 is 2.18 bits per heavy atom. The first-order valence-electron chi connectivity index (χ1n) is 6.03. The van der Waals surface area contributed by atoms with Crippen molar-refractivity contribution in [3.05, 3.63) is 23.8 Å². The van der Waals surface area contributed by atoms with Crippen molar-refractivity contribution in [2.24, 2.45) is 5.92 Å². The molecule has 1 atom stereocenters. The van der Waals surface area contributed by atoms with Crippen LogP contribution < -0.4 is 9.47 Å². The van der Waals surface area contributed by atoms with Crippen molar-refractivity contribution in [1.82, 2.24) is 0 Å². The van der Waals surface area contributed by atoms with Crippen molar-refractivity contribution < 1.29 is 14.3 Å². The van der Waals surface area contributed by atoms with E-state index in [9.17, 15) is 4.79 Å². The summed E-state index contributed by atoms with van der Waals surface area (Å²) in [5, 5.41) is 0. The zero-order chi connectivity index (χ0) is 12.0. The Kier molecular flexibility index (Phi) is 2.18. The maximum Gasteiger partial charge on any atom is 0.170 e. The third-order valence-corrected chi connectivity index (χ3v) is 3.78. The van der Waals surface area contributed by atoms with Crippen LogP contribution in [0.15, 0.2) is 18.2 Å². The van der Waals surface area contributed by atoms with Gasteiger partial charge in [-0.1, -0.05) is 0 Å². The molecular weight excluding hydrogens is 216 g/mol. The first kappa shape index (κ1) is 10.6. The van der Waals surface area contributed by atoms with Crippen molar-refractivity contribution >= 4 is 5.78 Å². The van der Waals surface area contributed by atoms with E-state index in [1.165, 1.54) is 12.8 Å². The smallest absolute Gasteiger partial charge is 0.170 e. The molecule has 1 fully saturated rings. The van der Waals surface area contributed by atoms with Crippen LogP contribution in [0.2, 0.25) is 0 Å². The van der Waals surface area contributed by atoms with Gasteiger partial charge in [-0.15, -0.1) is 0 Å². The molecule has 1 aromatic rings. The van der Waals surface area contributed by atoms with Crippen LogP contribution in [0.3, 0.4) is 0 Å². The number of carbonyl (C=O) groups is 1. The Morgan fingerprint density at radius 1 is 1.41 bits per heavy atom. The molecule has 0 saturated heterocycles. The SMILES string of the molecule is COc1ccc2c(c1)C(=O)CC(C)(C1CC1)O2. The molecule has 1 aliphatic heterocycles. The molecule has 1 aromatic carbocycles. The minimum atomic E-state index is -0.293. The number of hydrogen-bond donors (Lipinski definition) is 0. The molecule has 0 amide bonds. The predicted octanol–water partition coefficient (Wildman–Crippen LogP) is 2.83. The van der Waals surface area contributed by atoms with Gasteiger partial charge in [0.05, 0.1) is 19.1 Å². The fraction of sp³-hybridized carbons (Fsp3) is 0.500. The summed E-state index contributed by atoms with van der Waals surface area (Å²) < 4.78 is 11.2. The van der Waals surface area contributed by atoms with E-state index in [4.69, 9.17) is 9.47 Å². The van der Waals surface area contributed by atoms with Crippen LogP contribution in [0.4, 0.5) is 0 Å². The van der Waals surface area contributed by atoms with Crippen LogP contribution >= 0.6 is 0 Å². The van der Waals surface area contributed by atoms with Crippen molar-refractivity contribution in [1.29, 1.82) is 0 Å². The second-order valence-corrected chi connectivity index (χ2v) is 5.15. The van der Waals surface area contributed by atoms with Crippen LogP contribution in [-0.2, 0) is 0 Å². The second kappa shape index (κ2) is 3.49. The van der Waals surface area contributed by atoms with Gasteiger partial charge in [-0.3, -0.25) is 4.79 Å². The summed E-state index contributed by atoms with van der Waals surface area (Å²) in [5.41, 5.74) is 0.362. The van der Waals surface area contributed by atoms with Crippen LogP contribution in [0.5, 0.6) is 11.5 Å². The molecule has 17 heavy (non-hydrogen) atoms. The van der Waals surface area contributed by atoms with Crippen molar-refractivity contribution in [2.45, 2.75) is 31.8 Å². The molecule has 0 bridgehead atoms. The third kappa shape index (κ3) is 1.70. The molecule has 3 heteroatoms. The molecule has 1 heterocycles. The Morgan fingerprint density at radius 3 is 2.82 bits per heavy atom. The normalized spacial score (nSPS) is 27.3. The Labute approximate surface area is 101 Å². The highest BCUT2D eigenvalue weighted by atomic mass is 16.5. The highest BCUT2D eigenvalue weighted by Crippen LogP contribution is 2.47. The summed E-state index contributed by atoms with van der Waals surface area (Å²) in [6.07, 6.45) is 2.84. The number of rotatable bonds is 2. The molecule has 90 valence electrons. The molecule has 0 aromatic heterocycles. The van der Waals surface area contributed by atoms with Gasteiger partial charge in [0.1, 0.15) is 17.1 Å². The average Bonchev–Trinajstić information content (AvgIpc) is 3.12. The monoisotopic (exact) mass is 232 g/mol. The van der Waals surface area contributed by atoms with Crippen LogP contribution in [-0.4, -0.2) is 18.5 Å². The highest BCUT2D eigenvalue weighted by molar-refractivity contribution is 6.00. The summed E-state index contributed by atoms with van der Waals surface area (Å²) in [6, 6.07) is 5.45. The molecule has 3 rings (SSSR count). The number of benzene rings is 1. The van der Waals surface area contributed by atoms with Gasteiger partial charge in [0.2, 0.25) is 0 Å². The Balaban J connectivity index is 1.99. The van der Waals surface area contributed by atoms with Crippen molar-refractivity contribution in [3.63, 3.8) is 0 Å². The summed E-state index contributed by atoms with van der Waals surface area (Å²) in [5.74, 6) is 2.12. The zero-order valence-electron chi connectivity index (χ0n) is 10.2. The first-order valence-corrected chi connectivity index (χ1v) is 6.03. The van der Waals surface area contributed by atoms with Gasteiger partial charge in [0.25, 0.3) is 0 Å². The Bertz CT molecular complexity index is 476. The lowest BCUT2D eigenvalue weighted by Crippen LogP contribution is -2.41. The minimum Gasteiger partial charge on any atom is -0.497 e. The maximum atomic E-state index is 12.2. The van der Waals surface area contributed by atoms with Gasteiger partial charge in [-0.25, -0.2) is 0 Å². The first-order chi connectivity index (χ1) is 8.12. The van der Waals surface area contributed by atoms with Crippen LogP contribution in [0.25, 0.3) is 0 Å². The van der Waals surface area contributed by atoms with Crippen molar-refractivity contribution in [2.75, 3.05) is 7.11 Å². The van der Waals surface area contributed by atoms with E-state index in [1.54, 1.807) is 13.2 Å². The van der Waals surface area contributed by atoms with E-state index in [-0.39, 0.29) is 11.4 Å². The number of ketones is 1. The highest BCUT2D eigenvalue weighted by Gasteiger charge is 2.47. The predicted molar refractivity (Wildman–Crippen MR) is 63.7 cm³/mol. The average molecular weight is 232 g/mol. The Hall–Kier alpha value is -1.51. The lowest BCUT2D eigenvalue weighted by Gasteiger charge is -2.35. The second-order valence-electron chi connectivity index (χ2n) is 5.15. The number of Topliss-reactive ketones (excluding diaryl/α,β-unsaturated/α-hetero) is 1. The molecule has 2 aliphatic rings. The molecular formula is C14H16O3. The van der Waals surface area contributed by atoms with Crippen LogP contribution in [0.1, 0.15) is 36.5 Å². The number of hydrogen-bond acceptors (Lipinski definition) is 3. The topological polar surface area (TPSA) is 35.5 Å². The number of ether oxygens (including phenoxy) is 2. The van der Waals surface area contributed by atoms with E-state index in [1.807, 2.05) is 12.1 Å². The number of carbonyl (C=O) groups excluding carboxylic acids is 1. The summed E-state index contributed by atoms with van der Waals surface area (Å²) in [7, 11) is 1.60. The molecule has 0 spiro atoms. The summed E-state index contributed by atoms with van der Waals surface area (Å²) in [6.45, 7) is 2.05. The number of methoxy groups -OCH3 is 1. The largest absolute Gasteiger partial charge is 0.497 e. The van der Waals surface area contributed by atoms with Gasteiger partial charge in [0.15, 0.2) is 5.78 Å². The lowest BCUT2D eigenvalue weighted by atomic mass is 9.87. The standard InChI is InChI=1S/C14H16O3/c1-14(9-3-4-9)8-12(15)11-7-10(16-2)5-6-13(11)17-14/h5-7,9H,3-4,8H2,1-2H3. The zero-order valence-corrected chi connectivity index (χ0v) is 10.2.